The van der Waals surface area contributed by atoms with Crippen LogP contribution in [0.4, 0.5) is 11.4 Å². The van der Waals surface area contributed by atoms with Gasteiger partial charge in [0, 0.05) is 16.1 Å². The third-order valence-electron chi connectivity index (χ3n) is 3.67. The number of anilines is 1. The second-order valence-corrected chi connectivity index (χ2v) is 6.16. The Morgan fingerprint density at radius 2 is 2.11 bits per heavy atom. The van der Waals surface area contributed by atoms with Gasteiger partial charge in [-0.25, -0.2) is 4.68 Å². The SMILES string of the molecule is O=[N+]([O-])c1cc(-n2cnnn2)ccc1NN=Cc1cc2c(cc1Br)OCO2. The number of fused-ring (bicyclic) bond motifs is 1. The van der Waals surface area contributed by atoms with Gasteiger partial charge in [0.05, 0.1) is 16.8 Å². The highest BCUT2D eigenvalue weighted by atomic mass is 79.9. The lowest BCUT2D eigenvalue weighted by molar-refractivity contribution is -0.383. The Hall–Kier alpha value is -3.54. The smallest absolute Gasteiger partial charge is 0.296 e. The van der Waals surface area contributed by atoms with E-state index in [1.807, 2.05) is 0 Å². The molecule has 11 nitrogen and oxygen atoms in total. The zero-order valence-electron chi connectivity index (χ0n) is 13.4. The van der Waals surface area contributed by atoms with Gasteiger partial charge in [-0.3, -0.25) is 15.5 Å². The number of nitrogens with zero attached hydrogens (tertiary/aromatic N) is 6. The van der Waals surface area contributed by atoms with Gasteiger partial charge in [0.15, 0.2) is 11.5 Å². The fourth-order valence-corrected chi connectivity index (χ4v) is 2.82. The van der Waals surface area contributed by atoms with Crippen LogP contribution in [0.3, 0.4) is 0 Å². The van der Waals surface area contributed by atoms with E-state index in [4.69, 9.17) is 9.47 Å². The molecule has 0 spiro atoms. The first kappa shape index (κ1) is 16.9. The molecule has 0 amide bonds. The van der Waals surface area contributed by atoms with Crippen LogP contribution in [0.15, 0.2) is 46.2 Å². The number of rotatable bonds is 5. The fourth-order valence-electron chi connectivity index (χ4n) is 2.39. The summed E-state index contributed by atoms with van der Waals surface area (Å²) in [7, 11) is 0. The minimum absolute atomic E-state index is 0.162. The van der Waals surface area contributed by atoms with Gasteiger partial charge in [-0.1, -0.05) is 0 Å². The number of tetrazole rings is 1. The Labute approximate surface area is 159 Å². The highest BCUT2D eigenvalue weighted by molar-refractivity contribution is 9.10. The second kappa shape index (κ2) is 6.99. The van der Waals surface area contributed by atoms with Gasteiger partial charge in [-0.2, -0.15) is 5.10 Å². The summed E-state index contributed by atoms with van der Waals surface area (Å²) in [6.45, 7) is 0.167. The number of nitro groups is 1. The van der Waals surface area contributed by atoms with Gasteiger partial charge in [0.2, 0.25) is 6.79 Å². The van der Waals surface area contributed by atoms with Crippen LogP contribution in [0.1, 0.15) is 5.56 Å². The zero-order chi connectivity index (χ0) is 18.8. The van der Waals surface area contributed by atoms with Crippen LogP contribution in [0.5, 0.6) is 11.5 Å². The summed E-state index contributed by atoms with van der Waals surface area (Å²) in [6.07, 6.45) is 2.87. The lowest BCUT2D eigenvalue weighted by atomic mass is 10.2. The topological polar surface area (TPSA) is 130 Å². The normalized spacial score (nSPS) is 12.5. The minimum atomic E-state index is -0.512. The Balaban J connectivity index is 1.58. The number of hydrazone groups is 1. The quantitative estimate of drug-likeness (QED) is 0.370. The number of halogens is 1. The summed E-state index contributed by atoms with van der Waals surface area (Å²) >= 11 is 3.42. The van der Waals surface area contributed by atoms with E-state index in [9.17, 15) is 10.1 Å². The summed E-state index contributed by atoms with van der Waals surface area (Å²) in [5, 5.41) is 26.2. The van der Waals surface area contributed by atoms with Gasteiger partial charge < -0.3 is 9.47 Å². The van der Waals surface area contributed by atoms with Crippen LogP contribution in [-0.4, -0.2) is 38.1 Å². The standard InChI is InChI=1S/C15H10BrN7O4/c16-11-5-15-14(26-8-27-15)3-9(11)6-17-19-12-2-1-10(4-13(12)23(24)25)22-7-18-20-21-22/h1-7,19H,8H2. The first-order valence-electron chi connectivity index (χ1n) is 7.52. The molecule has 1 aliphatic rings. The van der Waals surface area contributed by atoms with Crippen molar-refractivity contribution in [2.75, 3.05) is 12.2 Å². The average molecular weight is 432 g/mol. The molecule has 2 aromatic carbocycles. The number of hydrogen-bond acceptors (Lipinski definition) is 9. The Kier molecular flexibility index (Phi) is 4.38. The molecular weight excluding hydrogens is 422 g/mol. The van der Waals surface area contributed by atoms with Crippen molar-refractivity contribution in [3.8, 4) is 17.2 Å². The van der Waals surface area contributed by atoms with Crippen molar-refractivity contribution >= 4 is 33.5 Å². The number of nitrogens with one attached hydrogen (secondary N) is 1. The van der Waals surface area contributed by atoms with Gasteiger partial charge in [0.1, 0.15) is 12.0 Å². The number of hydrogen-bond donors (Lipinski definition) is 1. The van der Waals surface area contributed by atoms with Gasteiger partial charge >= 0.3 is 0 Å². The molecule has 136 valence electrons. The average Bonchev–Trinajstić information content (AvgIpc) is 3.33. The predicted molar refractivity (Wildman–Crippen MR) is 97.3 cm³/mol. The monoisotopic (exact) mass is 431 g/mol. The van der Waals surface area contributed by atoms with E-state index in [0.717, 1.165) is 10.0 Å². The summed E-state index contributed by atoms with van der Waals surface area (Å²) in [5.74, 6) is 1.25. The Bertz CT molecular complexity index is 1040. The fraction of sp³-hybridized carbons (Fsp3) is 0.0667. The Morgan fingerprint density at radius 3 is 2.85 bits per heavy atom. The first-order valence-corrected chi connectivity index (χ1v) is 8.31. The van der Waals surface area contributed by atoms with E-state index in [0.29, 0.717) is 17.2 Å². The molecular formula is C15H10BrN7O4. The first-order chi connectivity index (χ1) is 13.1. The van der Waals surface area contributed by atoms with Crippen molar-refractivity contribution in [2.45, 2.75) is 0 Å². The molecule has 4 rings (SSSR count). The van der Waals surface area contributed by atoms with Gasteiger partial charge in [0.25, 0.3) is 5.69 Å². The van der Waals surface area contributed by atoms with Crippen LogP contribution in [0.25, 0.3) is 5.69 Å². The van der Waals surface area contributed by atoms with Crippen molar-refractivity contribution in [1.82, 2.24) is 20.2 Å². The molecule has 2 heterocycles. The molecule has 0 fully saturated rings. The number of benzene rings is 2. The van der Waals surface area contributed by atoms with Crippen molar-refractivity contribution in [2.24, 2.45) is 5.10 Å². The van der Waals surface area contributed by atoms with Crippen LogP contribution >= 0.6 is 15.9 Å². The van der Waals surface area contributed by atoms with E-state index in [1.165, 1.54) is 29.4 Å². The van der Waals surface area contributed by atoms with E-state index in [1.54, 1.807) is 18.2 Å². The van der Waals surface area contributed by atoms with Gasteiger partial charge in [-0.15, -0.1) is 5.10 Å². The zero-order valence-corrected chi connectivity index (χ0v) is 15.0. The minimum Gasteiger partial charge on any atom is -0.454 e. The second-order valence-electron chi connectivity index (χ2n) is 5.31. The molecule has 1 N–H and O–H groups in total. The van der Waals surface area contributed by atoms with E-state index in [-0.39, 0.29) is 18.2 Å². The molecule has 0 radical (unpaired) electrons. The molecule has 12 heteroatoms. The maximum atomic E-state index is 11.4. The third-order valence-corrected chi connectivity index (χ3v) is 4.36. The number of ether oxygens (including phenoxy) is 2. The maximum absolute atomic E-state index is 11.4. The molecule has 0 saturated heterocycles. The van der Waals surface area contributed by atoms with Crippen molar-refractivity contribution in [1.29, 1.82) is 0 Å². The van der Waals surface area contributed by atoms with Crippen LogP contribution < -0.4 is 14.9 Å². The van der Waals surface area contributed by atoms with Crippen molar-refractivity contribution < 1.29 is 14.4 Å². The molecule has 1 aromatic heterocycles. The third kappa shape index (κ3) is 3.42. The highest BCUT2D eigenvalue weighted by Gasteiger charge is 2.17. The van der Waals surface area contributed by atoms with Crippen molar-refractivity contribution in [3.63, 3.8) is 0 Å². The predicted octanol–water partition coefficient (Wildman–Crippen LogP) is 2.51. The largest absolute Gasteiger partial charge is 0.454 e. The summed E-state index contributed by atoms with van der Waals surface area (Å²) in [6, 6.07) is 8.05. The van der Waals surface area contributed by atoms with Crippen LogP contribution in [0, 0.1) is 10.1 Å². The van der Waals surface area contributed by atoms with Crippen LogP contribution in [-0.2, 0) is 0 Å². The number of aromatic nitrogens is 4. The number of nitro benzene ring substituents is 1. The van der Waals surface area contributed by atoms with Crippen molar-refractivity contribution in [3.05, 3.63) is 56.8 Å². The molecule has 0 aliphatic carbocycles. The molecule has 27 heavy (non-hydrogen) atoms. The lowest BCUT2D eigenvalue weighted by Crippen LogP contribution is -2.01. The molecule has 0 atom stereocenters. The highest BCUT2D eigenvalue weighted by Crippen LogP contribution is 2.36. The molecule has 1 aliphatic heterocycles. The van der Waals surface area contributed by atoms with Crippen LogP contribution in [0.2, 0.25) is 0 Å². The lowest BCUT2D eigenvalue weighted by Gasteiger charge is -2.05. The van der Waals surface area contributed by atoms with E-state index < -0.39 is 4.92 Å². The molecule has 0 saturated carbocycles. The molecule has 0 bridgehead atoms. The van der Waals surface area contributed by atoms with E-state index in [2.05, 4.69) is 42.0 Å². The summed E-state index contributed by atoms with van der Waals surface area (Å²) in [5.41, 5.74) is 3.93. The maximum Gasteiger partial charge on any atom is 0.296 e. The Morgan fingerprint density at radius 1 is 1.30 bits per heavy atom. The summed E-state index contributed by atoms with van der Waals surface area (Å²) < 4.78 is 12.7. The molecule has 3 aromatic rings. The summed E-state index contributed by atoms with van der Waals surface area (Å²) in [4.78, 5) is 10.9. The molecule has 0 unspecified atom stereocenters. The van der Waals surface area contributed by atoms with Gasteiger partial charge in [-0.05, 0) is 50.6 Å². The van der Waals surface area contributed by atoms with E-state index >= 15 is 0 Å².